The summed E-state index contributed by atoms with van der Waals surface area (Å²) in [6.45, 7) is 0. The molecule has 6 nitrogen and oxygen atoms in total. The largest absolute Gasteiger partial charge is 0.457 e. The van der Waals surface area contributed by atoms with Gasteiger partial charge in [-0.1, -0.05) is 35.9 Å². The van der Waals surface area contributed by atoms with Crippen LogP contribution in [0.15, 0.2) is 61.2 Å². The van der Waals surface area contributed by atoms with Gasteiger partial charge in [0.2, 0.25) is 0 Å². The average molecular weight is 382 g/mol. The first-order chi connectivity index (χ1) is 13.1. The van der Waals surface area contributed by atoms with E-state index < -0.39 is 6.04 Å². The van der Waals surface area contributed by atoms with Gasteiger partial charge in [0.1, 0.15) is 36.0 Å². The summed E-state index contributed by atoms with van der Waals surface area (Å²) in [6, 6.07) is 13.9. The van der Waals surface area contributed by atoms with Gasteiger partial charge in [-0.25, -0.2) is 9.67 Å². The second-order valence-corrected chi connectivity index (χ2v) is 6.85. The number of hydrogen-bond acceptors (Lipinski definition) is 5. The lowest BCUT2D eigenvalue weighted by Gasteiger charge is -2.30. The van der Waals surface area contributed by atoms with Crippen molar-refractivity contribution in [3.63, 3.8) is 0 Å². The van der Waals surface area contributed by atoms with Crippen LogP contribution in [0.25, 0.3) is 0 Å². The first-order valence-electron chi connectivity index (χ1n) is 8.52. The van der Waals surface area contributed by atoms with Crippen molar-refractivity contribution in [2.75, 3.05) is 0 Å². The predicted molar refractivity (Wildman–Crippen MR) is 99.0 cm³/mol. The van der Waals surface area contributed by atoms with E-state index >= 15 is 0 Å². The van der Waals surface area contributed by atoms with E-state index in [1.165, 1.54) is 17.3 Å². The number of nitrogens with zero attached hydrogens (tertiary/aromatic N) is 3. The number of para-hydroxylation sites is 1. The van der Waals surface area contributed by atoms with Crippen molar-refractivity contribution in [3.05, 3.63) is 71.8 Å². The molecule has 1 heterocycles. The lowest BCUT2D eigenvalue weighted by molar-refractivity contribution is -0.133. The summed E-state index contributed by atoms with van der Waals surface area (Å²) in [5.41, 5.74) is 0.777. The smallest absolute Gasteiger partial charge is 0.165 e. The van der Waals surface area contributed by atoms with Gasteiger partial charge >= 0.3 is 0 Å². The molecule has 2 atom stereocenters. The number of carbonyl (C=O) groups is 2. The van der Waals surface area contributed by atoms with Gasteiger partial charge in [0, 0.05) is 22.9 Å². The Morgan fingerprint density at radius 2 is 1.96 bits per heavy atom. The molecule has 2 aromatic carbocycles. The zero-order chi connectivity index (χ0) is 18.8. The molecule has 27 heavy (non-hydrogen) atoms. The molecule has 0 aliphatic heterocycles. The highest BCUT2D eigenvalue weighted by atomic mass is 35.5. The third-order valence-electron chi connectivity index (χ3n) is 4.59. The Labute approximate surface area is 160 Å². The van der Waals surface area contributed by atoms with Crippen molar-refractivity contribution in [2.24, 2.45) is 0 Å². The summed E-state index contributed by atoms with van der Waals surface area (Å²) < 4.78 is 7.55. The summed E-state index contributed by atoms with van der Waals surface area (Å²) in [4.78, 5) is 28.7. The van der Waals surface area contributed by atoms with E-state index in [2.05, 4.69) is 10.1 Å². The molecule has 0 bridgehead atoms. The fraction of sp³-hybridized carbons (Fsp3) is 0.200. The van der Waals surface area contributed by atoms with Gasteiger partial charge in [0.05, 0.1) is 6.42 Å². The van der Waals surface area contributed by atoms with Crippen LogP contribution in [0.3, 0.4) is 0 Å². The molecule has 1 saturated carbocycles. The van der Waals surface area contributed by atoms with E-state index in [1.54, 1.807) is 24.3 Å². The molecule has 0 N–H and O–H groups in total. The number of aromatic nitrogens is 3. The lowest BCUT2D eigenvalue weighted by atomic mass is 9.78. The number of ether oxygens (including phenoxy) is 1. The molecule has 4 rings (SSSR count). The van der Waals surface area contributed by atoms with Gasteiger partial charge in [-0.15, -0.1) is 0 Å². The van der Waals surface area contributed by atoms with E-state index in [0.717, 1.165) is 5.56 Å². The monoisotopic (exact) mass is 381 g/mol. The third-order valence-corrected chi connectivity index (χ3v) is 4.83. The molecule has 0 saturated heterocycles. The maximum absolute atomic E-state index is 12.6. The molecule has 7 heteroatoms. The van der Waals surface area contributed by atoms with Crippen LogP contribution < -0.4 is 4.74 Å². The molecule has 1 aliphatic carbocycles. The zero-order valence-electron chi connectivity index (χ0n) is 14.3. The van der Waals surface area contributed by atoms with Crippen molar-refractivity contribution in [3.8, 4) is 11.5 Å². The van der Waals surface area contributed by atoms with Crippen molar-refractivity contribution in [2.45, 2.75) is 24.8 Å². The van der Waals surface area contributed by atoms with Crippen LogP contribution >= 0.6 is 11.6 Å². The van der Waals surface area contributed by atoms with Gasteiger partial charge in [-0.05, 0) is 24.3 Å². The third kappa shape index (κ3) is 3.61. The van der Waals surface area contributed by atoms with Gasteiger partial charge in [0.15, 0.2) is 5.78 Å². The molecule has 2 unspecified atom stereocenters. The Hall–Kier alpha value is -2.99. The SMILES string of the molecule is O=C1CC(=O)C(n2cncn2)C(c2ccccc2Oc2cccc(Cl)c2)C1. The second kappa shape index (κ2) is 7.32. The number of rotatable bonds is 4. The quantitative estimate of drug-likeness (QED) is 0.639. The van der Waals surface area contributed by atoms with E-state index in [0.29, 0.717) is 16.5 Å². The number of ketones is 2. The Morgan fingerprint density at radius 3 is 2.74 bits per heavy atom. The van der Waals surface area contributed by atoms with Crippen LogP contribution in [0.4, 0.5) is 0 Å². The molecule has 0 amide bonds. The molecule has 1 aromatic heterocycles. The minimum absolute atomic E-state index is 0.0843. The van der Waals surface area contributed by atoms with Crippen molar-refractivity contribution >= 4 is 23.2 Å². The molecule has 0 radical (unpaired) electrons. The van der Waals surface area contributed by atoms with Crippen LogP contribution in [-0.4, -0.2) is 26.3 Å². The van der Waals surface area contributed by atoms with E-state index in [4.69, 9.17) is 16.3 Å². The van der Waals surface area contributed by atoms with Crippen molar-refractivity contribution in [1.29, 1.82) is 0 Å². The number of Topliss-reactive ketones (excluding diaryl/α,β-unsaturated/α-hetero) is 2. The highest BCUT2D eigenvalue weighted by Gasteiger charge is 2.39. The summed E-state index contributed by atoms with van der Waals surface area (Å²) in [5, 5.41) is 4.69. The van der Waals surface area contributed by atoms with E-state index in [9.17, 15) is 9.59 Å². The normalized spacial score (nSPS) is 19.9. The molecule has 136 valence electrons. The number of benzene rings is 2. The predicted octanol–water partition coefficient (Wildman–Crippen LogP) is 3.98. The highest BCUT2D eigenvalue weighted by Crippen LogP contribution is 2.42. The minimum atomic E-state index is -0.589. The molecule has 1 fully saturated rings. The van der Waals surface area contributed by atoms with Crippen LogP contribution in [0.1, 0.15) is 30.4 Å². The Balaban J connectivity index is 1.74. The average Bonchev–Trinajstić information content (AvgIpc) is 3.16. The van der Waals surface area contributed by atoms with Crippen LogP contribution in [0.5, 0.6) is 11.5 Å². The van der Waals surface area contributed by atoms with Crippen LogP contribution in [-0.2, 0) is 9.59 Å². The molecule has 0 spiro atoms. The summed E-state index contributed by atoms with van der Waals surface area (Å²) >= 11 is 6.04. The second-order valence-electron chi connectivity index (χ2n) is 6.41. The Kier molecular flexibility index (Phi) is 4.73. The number of carbonyl (C=O) groups excluding carboxylic acids is 2. The first kappa shape index (κ1) is 17.4. The standard InChI is InChI=1S/C20H16ClN3O3/c21-13-4-3-5-15(8-13)27-19-7-2-1-6-16(19)17-9-14(25)10-18(26)20(17)24-12-22-11-23-24/h1-8,11-12,17,20H,9-10H2. The van der Waals surface area contributed by atoms with E-state index in [1.807, 2.05) is 24.3 Å². The summed E-state index contributed by atoms with van der Waals surface area (Å²) in [6.07, 6.45) is 3.05. The summed E-state index contributed by atoms with van der Waals surface area (Å²) in [7, 11) is 0. The van der Waals surface area contributed by atoms with Gasteiger partial charge in [-0.3, -0.25) is 9.59 Å². The fourth-order valence-corrected chi connectivity index (χ4v) is 3.64. The van der Waals surface area contributed by atoms with Crippen LogP contribution in [0.2, 0.25) is 5.02 Å². The van der Waals surface area contributed by atoms with E-state index in [-0.39, 0.29) is 30.3 Å². The number of hydrogen-bond donors (Lipinski definition) is 0. The molecule has 3 aromatic rings. The molecular formula is C20H16ClN3O3. The molecular weight excluding hydrogens is 366 g/mol. The van der Waals surface area contributed by atoms with Crippen LogP contribution in [0, 0.1) is 0 Å². The molecule has 1 aliphatic rings. The van der Waals surface area contributed by atoms with Gasteiger partial charge < -0.3 is 4.74 Å². The maximum atomic E-state index is 12.6. The Bertz CT molecular complexity index is 988. The summed E-state index contributed by atoms with van der Waals surface area (Å²) in [5.74, 6) is 0.534. The first-order valence-corrected chi connectivity index (χ1v) is 8.90. The fourth-order valence-electron chi connectivity index (χ4n) is 3.46. The highest BCUT2D eigenvalue weighted by molar-refractivity contribution is 6.30. The minimum Gasteiger partial charge on any atom is -0.457 e. The Morgan fingerprint density at radius 1 is 1.11 bits per heavy atom. The zero-order valence-corrected chi connectivity index (χ0v) is 15.0. The van der Waals surface area contributed by atoms with Crippen molar-refractivity contribution < 1.29 is 14.3 Å². The maximum Gasteiger partial charge on any atom is 0.165 e. The number of halogens is 1. The van der Waals surface area contributed by atoms with Gasteiger partial charge in [-0.2, -0.15) is 5.10 Å². The van der Waals surface area contributed by atoms with Gasteiger partial charge in [0.25, 0.3) is 0 Å². The topological polar surface area (TPSA) is 74.1 Å². The van der Waals surface area contributed by atoms with Crippen molar-refractivity contribution in [1.82, 2.24) is 14.8 Å². The lowest BCUT2D eigenvalue weighted by Crippen LogP contribution is -2.34.